The number of anilines is 2. The van der Waals surface area contributed by atoms with Crippen LogP contribution in [-0.4, -0.2) is 15.7 Å². The zero-order valence-electron chi connectivity index (χ0n) is 7.78. The molecule has 0 spiro atoms. The first kappa shape index (κ1) is 11.7. The molecule has 7 heteroatoms. The highest BCUT2D eigenvalue weighted by Gasteiger charge is 2.01. The molecular weight excluding hydrogens is 222 g/mol. The molecule has 4 N–H and O–H groups in total. The van der Waals surface area contributed by atoms with Crippen molar-refractivity contribution in [3.63, 3.8) is 0 Å². The van der Waals surface area contributed by atoms with Gasteiger partial charge in [0.2, 0.25) is 0 Å². The summed E-state index contributed by atoms with van der Waals surface area (Å²) in [6.07, 6.45) is 0.846. The summed E-state index contributed by atoms with van der Waals surface area (Å²) in [7, 11) is 0. The predicted octanol–water partition coefficient (Wildman–Crippen LogP) is 1.90. The number of halogens is 2. The molecule has 0 aromatic carbocycles. The van der Waals surface area contributed by atoms with E-state index in [1.807, 2.05) is 0 Å². The molecule has 1 aromatic heterocycles. The Labute approximate surface area is 89.8 Å². The van der Waals surface area contributed by atoms with E-state index in [4.69, 9.17) is 11.5 Å². The van der Waals surface area contributed by atoms with Crippen LogP contribution in [0, 0.1) is 0 Å². The van der Waals surface area contributed by atoms with Crippen molar-refractivity contribution < 1.29 is 8.78 Å². The Morgan fingerprint density at radius 3 is 2.80 bits per heavy atom. The van der Waals surface area contributed by atoms with E-state index in [9.17, 15) is 8.78 Å². The minimum Gasteiger partial charge on any atom is -0.394 e. The molecule has 0 aliphatic heterocycles. The summed E-state index contributed by atoms with van der Waals surface area (Å²) < 4.78 is 23.3. The number of nitrogen functional groups attached to an aromatic ring is 2. The normalized spacial score (nSPS) is 10.0. The lowest BCUT2D eigenvalue weighted by Gasteiger charge is -2.01. The molecule has 0 aliphatic rings. The smallest absolute Gasteiger partial charge is 0.266 e. The van der Waals surface area contributed by atoms with Crippen molar-refractivity contribution in [1.29, 1.82) is 0 Å². The summed E-state index contributed by atoms with van der Waals surface area (Å²) in [5.74, 6) is 0.681. The fourth-order valence-corrected chi connectivity index (χ4v) is 1.48. The van der Waals surface area contributed by atoms with Crippen molar-refractivity contribution in [2.75, 3.05) is 17.2 Å². The number of nitrogens with zero attached hydrogens (tertiary/aromatic N) is 2. The Kier molecular flexibility index (Phi) is 4.29. The van der Waals surface area contributed by atoms with E-state index in [0.29, 0.717) is 16.6 Å². The first-order chi connectivity index (χ1) is 7.09. The van der Waals surface area contributed by atoms with E-state index in [-0.39, 0.29) is 12.2 Å². The summed E-state index contributed by atoms with van der Waals surface area (Å²) in [5, 5.41) is 0.439. The van der Waals surface area contributed by atoms with Gasteiger partial charge in [0.1, 0.15) is 0 Å². The zero-order valence-corrected chi connectivity index (χ0v) is 8.60. The van der Waals surface area contributed by atoms with Gasteiger partial charge in [-0.05, 0) is 12.5 Å². The fraction of sp³-hybridized carbons (Fsp3) is 0.250. The van der Waals surface area contributed by atoms with Crippen molar-refractivity contribution >= 4 is 23.3 Å². The monoisotopic (exact) mass is 232 g/mol. The van der Waals surface area contributed by atoms with Crippen LogP contribution in [-0.2, 0) is 0 Å². The lowest BCUT2D eigenvalue weighted by molar-refractivity contribution is 0.418. The molecule has 0 amide bonds. The lowest BCUT2D eigenvalue weighted by Crippen LogP contribution is -2.00. The van der Waals surface area contributed by atoms with Gasteiger partial charge >= 0.3 is 0 Å². The molecule has 0 radical (unpaired) electrons. The molecule has 1 heterocycles. The molecule has 0 saturated heterocycles. The van der Waals surface area contributed by atoms with E-state index < -0.39 is 6.08 Å². The Balaban J connectivity index is 2.44. The molecule has 0 saturated carbocycles. The Morgan fingerprint density at radius 2 is 2.20 bits per heavy atom. The van der Waals surface area contributed by atoms with Crippen LogP contribution in [0.5, 0.6) is 0 Å². The van der Waals surface area contributed by atoms with Crippen LogP contribution in [0.2, 0.25) is 0 Å². The zero-order chi connectivity index (χ0) is 11.3. The van der Waals surface area contributed by atoms with Crippen LogP contribution in [0.4, 0.5) is 20.3 Å². The molecule has 0 aliphatic carbocycles. The molecule has 0 fully saturated rings. The largest absolute Gasteiger partial charge is 0.394 e. The maximum atomic E-state index is 11.7. The van der Waals surface area contributed by atoms with Gasteiger partial charge in [-0.1, -0.05) is 11.8 Å². The second kappa shape index (κ2) is 5.50. The van der Waals surface area contributed by atoms with E-state index in [1.54, 1.807) is 0 Å². The Hall–Kier alpha value is -1.37. The molecule has 82 valence electrons. The summed E-state index contributed by atoms with van der Waals surface area (Å²) in [5.41, 5.74) is 11.2. The summed E-state index contributed by atoms with van der Waals surface area (Å²) in [6.45, 7) is 0. The minimum absolute atomic E-state index is 0.208. The lowest BCUT2D eigenvalue weighted by atomic mass is 10.5. The third-order valence-electron chi connectivity index (χ3n) is 1.47. The molecule has 0 bridgehead atoms. The topological polar surface area (TPSA) is 77.8 Å². The van der Waals surface area contributed by atoms with E-state index in [1.165, 1.54) is 18.0 Å². The number of thioether (sulfide) groups is 1. The van der Waals surface area contributed by atoms with Gasteiger partial charge in [-0.15, -0.1) is 0 Å². The van der Waals surface area contributed by atoms with Crippen LogP contribution in [0.15, 0.2) is 23.5 Å². The molecule has 15 heavy (non-hydrogen) atoms. The highest BCUT2D eigenvalue weighted by Crippen LogP contribution is 2.18. The SMILES string of the molecule is Nc1cnc(SCCC=C(F)F)nc1N. The second-order valence-corrected chi connectivity index (χ2v) is 3.69. The Bertz CT molecular complexity index is 366. The average molecular weight is 232 g/mol. The number of hydrogen-bond donors (Lipinski definition) is 2. The number of hydrogen-bond acceptors (Lipinski definition) is 5. The van der Waals surface area contributed by atoms with Gasteiger partial charge in [0.25, 0.3) is 6.08 Å². The van der Waals surface area contributed by atoms with Gasteiger partial charge in [0, 0.05) is 5.75 Å². The molecule has 1 aromatic rings. The highest BCUT2D eigenvalue weighted by atomic mass is 32.2. The Morgan fingerprint density at radius 1 is 1.47 bits per heavy atom. The number of allylic oxidation sites excluding steroid dienone is 1. The predicted molar refractivity (Wildman–Crippen MR) is 56.5 cm³/mol. The van der Waals surface area contributed by atoms with Gasteiger partial charge in [0.15, 0.2) is 11.0 Å². The van der Waals surface area contributed by atoms with Crippen LogP contribution in [0.25, 0.3) is 0 Å². The third-order valence-corrected chi connectivity index (χ3v) is 2.37. The third kappa shape index (κ3) is 4.11. The minimum atomic E-state index is -1.67. The molecular formula is C8H10F2N4S. The van der Waals surface area contributed by atoms with Crippen molar-refractivity contribution in [3.8, 4) is 0 Å². The molecule has 0 unspecified atom stereocenters. The second-order valence-electron chi connectivity index (χ2n) is 2.62. The van der Waals surface area contributed by atoms with Gasteiger partial charge in [-0.3, -0.25) is 0 Å². The van der Waals surface area contributed by atoms with Crippen LogP contribution >= 0.6 is 11.8 Å². The van der Waals surface area contributed by atoms with Gasteiger partial charge in [-0.2, -0.15) is 8.78 Å². The fourth-order valence-electron chi connectivity index (χ4n) is 0.775. The van der Waals surface area contributed by atoms with Gasteiger partial charge in [0.05, 0.1) is 11.9 Å². The van der Waals surface area contributed by atoms with E-state index in [2.05, 4.69) is 9.97 Å². The summed E-state index contributed by atoms with van der Waals surface area (Å²) in [6, 6.07) is 0. The molecule has 1 rings (SSSR count). The first-order valence-corrected chi connectivity index (χ1v) is 5.10. The highest BCUT2D eigenvalue weighted by molar-refractivity contribution is 7.99. The van der Waals surface area contributed by atoms with Crippen molar-refractivity contribution in [2.24, 2.45) is 0 Å². The van der Waals surface area contributed by atoms with E-state index >= 15 is 0 Å². The summed E-state index contributed by atoms with van der Waals surface area (Å²) >= 11 is 1.25. The van der Waals surface area contributed by atoms with Crippen molar-refractivity contribution in [2.45, 2.75) is 11.6 Å². The van der Waals surface area contributed by atoms with Gasteiger partial charge < -0.3 is 11.5 Å². The van der Waals surface area contributed by atoms with Crippen molar-refractivity contribution in [3.05, 3.63) is 18.4 Å². The standard InChI is InChI=1S/C8H10F2N4S/c9-6(10)2-1-3-15-8-13-4-5(11)7(12)14-8/h2,4H,1,3,11H2,(H2,12,13,14). The quantitative estimate of drug-likeness (QED) is 0.471. The van der Waals surface area contributed by atoms with Gasteiger partial charge in [-0.25, -0.2) is 9.97 Å². The number of aromatic nitrogens is 2. The first-order valence-electron chi connectivity index (χ1n) is 4.11. The molecule has 0 atom stereocenters. The van der Waals surface area contributed by atoms with Crippen molar-refractivity contribution in [1.82, 2.24) is 9.97 Å². The van der Waals surface area contributed by atoms with E-state index in [0.717, 1.165) is 6.08 Å². The maximum Gasteiger partial charge on any atom is 0.266 e. The number of nitrogens with two attached hydrogens (primary N) is 2. The number of rotatable bonds is 4. The van der Waals surface area contributed by atoms with Crippen LogP contribution in [0.3, 0.4) is 0 Å². The van der Waals surface area contributed by atoms with Crippen LogP contribution < -0.4 is 11.5 Å². The maximum absolute atomic E-state index is 11.7. The average Bonchev–Trinajstić information content (AvgIpc) is 2.18. The van der Waals surface area contributed by atoms with Crippen LogP contribution in [0.1, 0.15) is 6.42 Å². The summed E-state index contributed by atoms with van der Waals surface area (Å²) in [4.78, 5) is 7.78. The molecule has 4 nitrogen and oxygen atoms in total.